The Bertz CT molecular complexity index is 884. The summed E-state index contributed by atoms with van der Waals surface area (Å²) in [5, 5.41) is 23.8. The van der Waals surface area contributed by atoms with Crippen molar-refractivity contribution in [1.82, 2.24) is 5.32 Å². The molecule has 158 valence electrons. The summed E-state index contributed by atoms with van der Waals surface area (Å²) in [6.07, 6.45) is 0.545. The van der Waals surface area contributed by atoms with Crippen LogP contribution < -0.4 is 5.32 Å². The highest BCUT2D eigenvalue weighted by molar-refractivity contribution is 5.82. The quantitative estimate of drug-likeness (QED) is 0.353. The molecule has 0 aliphatic heterocycles. The van der Waals surface area contributed by atoms with Crippen LogP contribution in [0.25, 0.3) is 11.1 Å². The van der Waals surface area contributed by atoms with Crippen molar-refractivity contribution in [3.05, 3.63) is 72.3 Å². The van der Waals surface area contributed by atoms with Crippen LogP contribution in [0.3, 0.4) is 0 Å². The van der Waals surface area contributed by atoms with Crippen molar-refractivity contribution in [1.29, 1.82) is 0 Å². The van der Waals surface area contributed by atoms with Crippen LogP contribution in [0, 0.1) is 0 Å². The van der Waals surface area contributed by atoms with E-state index in [1.165, 1.54) is 17.2 Å². The predicted octanol–water partition coefficient (Wildman–Crippen LogP) is 2.69. The number of carbonyl (C=O) groups excluding carboxylic acids is 1. The van der Waals surface area contributed by atoms with Crippen LogP contribution in [0.4, 0.5) is 0 Å². The van der Waals surface area contributed by atoms with Gasteiger partial charge in [-0.05, 0) is 41.5 Å². The number of hydrogen-bond acceptors (Lipinski definition) is 6. The van der Waals surface area contributed by atoms with Crippen molar-refractivity contribution in [2.24, 2.45) is 0 Å². The third-order valence-corrected chi connectivity index (χ3v) is 6.08. The van der Waals surface area contributed by atoms with E-state index in [1.807, 2.05) is 24.3 Å². The molecule has 2 aromatic rings. The van der Waals surface area contributed by atoms with Gasteiger partial charge in [0.1, 0.15) is 12.1 Å². The van der Waals surface area contributed by atoms with Crippen molar-refractivity contribution in [3.8, 4) is 11.1 Å². The minimum Gasteiger partial charge on any atom is -0.460 e. The second kappa shape index (κ2) is 8.70. The average molecular weight is 409 g/mol. The number of hydrogen-bond donors (Lipinski definition) is 3. The Hall–Kier alpha value is -2.51. The molecule has 2 aliphatic carbocycles. The van der Waals surface area contributed by atoms with Gasteiger partial charge in [0.2, 0.25) is 6.41 Å². The predicted molar refractivity (Wildman–Crippen MR) is 113 cm³/mol. The second-order valence-electron chi connectivity index (χ2n) is 7.82. The van der Waals surface area contributed by atoms with Gasteiger partial charge in [0.05, 0.1) is 12.7 Å². The minimum atomic E-state index is -1.42. The first-order chi connectivity index (χ1) is 14.6. The summed E-state index contributed by atoms with van der Waals surface area (Å²) >= 11 is 0. The molecule has 6 nitrogen and oxygen atoms in total. The van der Waals surface area contributed by atoms with Crippen molar-refractivity contribution in [3.63, 3.8) is 0 Å². The van der Waals surface area contributed by atoms with Gasteiger partial charge in [0.25, 0.3) is 0 Å². The molecule has 0 radical (unpaired) electrons. The largest absolute Gasteiger partial charge is 0.460 e. The number of fused-ring (bicyclic) bond motifs is 3. The molecule has 0 bridgehead atoms. The fourth-order valence-corrected chi connectivity index (χ4v) is 4.60. The van der Waals surface area contributed by atoms with E-state index in [1.54, 1.807) is 0 Å². The van der Waals surface area contributed by atoms with Gasteiger partial charge in [-0.2, -0.15) is 0 Å². The fourth-order valence-electron chi connectivity index (χ4n) is 4.60. The van der Waals surface area contributed by atoms with E-state index < -0.39 is 24.0 Å². The first-order valence-corrected chi connectivity index (χ1v) is 10.3. The lowest BCUT2D eigenvalue weighted by Gasteiger charge is -2.33. The number of aliphatic hydroxyl groups is 2. The monoisotopic (exact) mass is 409 g/mol. The number of nitrogens with one attached hydrogen (secondary N) is 1. The smallest absolute Gasteiger partial charge is 0.329 e. The highest BCUT2D eigenvalue weighted by Gasteiger charge is 2.51. The summed E-state index contributed by atoms with van der Waals surface area (Å²) < 4.78 is 10.9. The molecule has 1 unspecified atom stereocenters. The summed E-state index contributed by atoms with van der Waals surface area (Å²) in [6.45, 7) is 3.81. The highest BCUT2D eigenvalue weighted by Crippen LogP contribution is 2.44. The molecule has 0 aromatic heterocycles. The molecule has 0 spiro atoms. The lowest BCUT2D eigenvalue weighted by Crippen LogP contribution is -2.61. The molecule has 0 saturated heterocycles. The minimum absolute atomic E-state index is 0.0222. The zero-order chi connectivity index (χ0) is 21.1. The molecule has 6 heteroatoms. The molecule has 3 atom stereocenters. The molecular formula is C24H27NO5. The van der Waals surface area contributed by atoms with E-state index in [0.717, 1.165) is 11.1 Å². The van der Waals surface area contributed by atoms with Gasteiger partial charge in [-0.3, -0.25) is 5.32 Å². The molecular weight excluding hydrogens is 382 g/mol. The Kier molecular flexibility index (Phi) is 6.01. The Morgan fingerprint density at radius 3 is 2.40 bits per heavy atom. The lowest BCUT2D eigenvalue weighted by molar-refractivity contribution is -0.174. The van der Waals surface area contributed by atoms with E-state index in [4.69, 9.17) is 9.47 Å². The van der Waals surface area contributed by atoms with Gasteiger partial charge < -0.3 is 19.7 Å². The molecule has 0 heterocycles. The van der Waals surface area contributed by atoms with Gasteiger partial charge in [-0.25, -0.2) is 4.79 Å². The van der Waals surface area contributed by atoms with Crippen molar-refractivity contribution >= 4 is 5.97 Å². The molecule has 2 aromatic carbocycles. The summed E-state index contributed by atoms with van der Waals surface area (Å²) in [5.74, 6) is -0.627. The van der Waals surface area contributed by atoms with E-state index in [-0.39, 0.29) is 19.1 Å². The average Bonchev–Trinajstić information content (AvgIpc) is 3.29. The molecule has 3 N–H and O–H groups in total. The number of carbonyl (C=O) groups is 1. The Balaban J connectivity index is 1.47. The van der Waals surface area contributed by atoms with Gasteiger partial charge in [-0.15, -0.1) is 0 Å². The first kappa shape index (κ1) is 20.8. The van der Waals surface area contributed by atoms with E-state index in [9.17, 15) is 15.0 Å². The molecule has 0 amide bonds. The number of ether oxygens (including phenoxy) is 2. The van der Waals surface area contributed by atoms with Gasteiger partial charge in [0.15, 0.2) is 0 Å². The maximum absolute atomic E-state index is 12.6. The van der Waals surface area contributed by atoms with Gasteiger partial charge >= 0.3 is 5.97 Å². The number of esters is 1. The summed E-state index contributed by atoms with van der Waals surface area (Å²) in [5.41, 5.74) is 3.24. The Morgan fingerprint density at radius 1 is 1.20 bits per heavy atom. The van der Waals surface area contributed by atoms with Gasteiger partial charge in [0, 0.05) is 5.92 Å². The Labute approximate surface area is 176 Å². The highest BCUT2D eigenvalue weighted by atomic mass is 16.6. The van der Waals surface area contributed by atoms with Crippen LogP contribution in [0.15, 0.2) is 61.2 Å². The van der Waals surface area contributed by atoms with Crippen LogP contribution in [0.5, 0.6) is 0 Å². The van der Waals surface area contributed by atoms with Crippen LogP contribution >= 0.6 is 0 Å². The second-order valence-corrected chi connectivity index (χ2v) is 7.82. The first-order valence-electron chi connectivity index (χ1n) is 10.3. The summed E-state index contributed by atoms with van der Waals surface area (Å²) in [7, 11) is 0. The van der Waals surface area contributed by atoms with E-state index in [0.29, 0.717) is 19.3 Å². The molecule has 30 heavy (non-hydrogen) atoms. The maximum atomic E-state index is 12.6. The number of benzene rings is 2. The Morgan fingerprint density at radius 2 is 1.83 bits per heavy atom. The zero-order valence-corrected chi connectivity index (χ0v) is 16.8. The van der Waals surface area contributed by atoms with Gasteiger partial charge in [-0.1, -0.05) is 61.2 Å². The number of aliphatic hydroxyl groups excluding tert-OH is 2. The van der Waals surface area contributed by atoms with E-state index in [2.05, 4.69) is 36.2 Å². The fraction of sp³-hybridized carbons (Fsp3) is 0.375. The maximum Gasteiger partial charge on any atom is 0.329 e. The topological polar surface area (TPSA) is 88.0 Å². The zero-order valence-electron chi connectivity index (χ0n) is 16.8. The SMILES string of the molecule is C=CCOC(=O)[C@@]1(NC(O)OCC2c3ccccc3-c3ccccc32)CCC[C@@H]1O. The summed E-state index contributed by atoms with van der Waals surface area (Å²) in [4.78, 5) is 12.6. The van der Waals surface area contributed by atoms with Crippen molar-refractivity contribution in [2.45, 2.75) is 43.2 Å². The molecule has 2 aliphatic rings. The summed E-state index contributed by atoms with van der Waals surface area (Å²) in [6, 6.07) is 16.3. The lowest BCUT2D eigenvalue weighted by atomic mass is 9.95. The van der Waals surface area contributed by atoms with Crippen LogP contribution in [-0.2, 0) is 14.3 Å². The number of rotatable bonds is 8. The normalized spacial score (nSPS) is 23.6. The molecule has 1 fully saturated rings. The van der Waals surface area contributed by atoms with Crippen molar-refractivity contribution < 1.29 is 24.5 Å². The molecule has 4 rings (SSSR count). The molecule has 1 saturated carbocycles. The van der Waals surface area contributed by atoms with Crippen molar-refractivity contribution in [2.75, 3.05) is 13.2 Å². The van der Waals surface area contributed by atoms with Crippen LogP contribution in [0.2, 0.25) is 0 Å². The van der Waals surface area contributed by atoms with Crippen LogP contribution in [-0.4, -0.2) is 47.5 Å². The third kappa shape index (κ3) is 3.68. The van der Waals surface area contributed by atoms with E-state index >= 15 is 0 Å². The third-order valence-electron chi connectivity index (χ3n) is 6.08. The van der Waals surface area contributed by atoms with Crippen LogP contribution in [0.1, 0.15) is 36.3 Å². The standard InChI is InChI=1S/C24H27NO5/c1-2-14-29-22(27)24(13-7-12-21(24)26)25-23(28)30-15-20-18-10-5-3-8-16(18)17-9-4-6-11-19(17)20/h2-6,8-11,20-21,23,25-26,28H,1,7,12-15H2/t21-,23?,24+/m0/s1.